The number of nitrogens with zero attached hydrogens (tertiary/aromatic N) is 2. The third-order valence-electron chi connectivity index (χ3n) is 4.26. The van der Waals surface area contributed by atoms with Gasteiger partial charge in [0, 0.05) is 37.5 Å². The van der Waals surface area contributed by atoms with E-state index in [2.05, 4.69) is 4.40 Å². The summed E-state index contributed by atoms with van der Waals surface area (Å²) >= 11 is 7.49. The van der Waals surface area contributed by atoms with Crippen LogP contribution in [0.4, 0.5) is 5.69 Å². The summed E-state index contributed by atoms with van der Waals surface area (Å²) in [7, 11) is 0. The molecule has 0 saturated heterocycles. The molecule has 1 unspecified atom stereocenters. The lowest BCUT2D eigenvalue weighted by Crippen LogP contribution is -2.25. The maximum Gasteiger partial charge on any atom is 0.223 e. The van der Waals surface area contributed by atoms with E-state index in [1.54, 1.807) is 11.8 Å². The zero-order valence-electron chi connectivity index (χ0n) is 14.4. The van der Waals surface area contributed by atoms with E-state index in [0.29, 0.717) is 17.4 Å². The molecule has 1 amide bonds. The van der Waals surface area contributed by atoms with Crippen LogP contribution in [0.3, 0.4) is 0 Å². The molecular formula is C19H20ClN3O2S. The Hall–Kier alpha value is -2.02. The summed E-state index contributed by atoms with van der Waals surface area (Å²) in [4.78, 5) is 14.2. The SMILES string of the molecule is CC(=O)N1CCc2cc(Cl)c(S/N=C(\N)CC(O)c3ccccc3)cc21. The van der Waals surface area contributed by atoms with Crippen molar-refractivity contribution in [2.24, 2.45) is 10.1 Å². The molecule has 0 aliphatic carbocycles. The Morgan fingerprint density at radius 1 is 1.38 bits per heavy atom. The van der Waals surface area contributed by atoms with E-state index >= 15 is 0 Å². The van der Waals surface area contributed by atoms with Crippen LogP contribution in [0.5, 0.6) is 0 Å². The average Bonchev–Trinajstić information content (AvgIpc) is 3.03. The number of fused-ring (bicyclic) bond motifs is 1. The van der Waals surface area contributed by atoms with Crippen LogP contribution in [0, 0.1) is 0 Å². The third-order valence-corrected chi connectivity index (χ3v) is 5.54. The van der Waals surface area contributed by atoms with Gasteiger partial charge in [0.25, 0.3) is 0 Å². The molecule has 0 fully saturated rings. The number of nitrogens with two attached hydrogens (primary N) is 1. The molecule has 26 heavy (non-hydrogen) atoms. The fourth-order valence-electron chi connectivity index (χ4n) is 2.92. The Kier molecular flexibility index (Phi) is 5.86. The minimum Gasteiger partial charge on any atom is -0.388 e. The number of amides is 1. The van der Waals surface area contributed by atoms with Gasteiger partial charge in [0.1, 0.15) is 5.84 Å². The van der Waals surface area contributed by atoms with Gasteiger partial charge in [0.2, 0.25) is 5.91 Å². The van der Waals surface area contributed by atoms with Gasteiger partial charge in [0.05, 0.1) is 16.0 Å². The zero-order valence-corrected chi connectivity index (χ0v) is 15.9. The van der Waals surface area contributed by atoms with Gasteiger partial charge in [-0.2, -0.15) is 4.40 Å². The van der Waals surface area contributed by atoms with Crippen molar-refractivity contribution in [3.05, 3.63) is 58.6 Å². The fraction of sp³-hybridized carbons (Fsp3) is 0.263. The van der Waals surface area contributed by atoms with Crippen molar-refractivity contribution >= 4 is 41.0 Å². The molecule has 5 nitrogen and oxygen atoms in total. The van der Waals surface area contributed by atoms with E-state index in [9.17, 15) is 9.90 Å². The highest BCUT2D eigenvalue weighted by atomic mass is 35.5. The van der Waals surface area contributed by atoms with Gasteiger partial charge in [-0.1, -0.05) is 41.9 Å². The Morgan fingerprint density at radius 3 is 2.81 bits per heavy atom. The molecule has 0 spiro atoms. The molecular weight excluding hydrogens is 370 g/mol. The standard InChI is InChI=1S/C19H20ClN3O2S/c1-12(24)23-8-7-14-9-15(20)18(10-16(14)23)26-22-19(21)11-17(25)13-5-3-2-4-6-13/h2-6,9-10,17,25H,7-8,11H2,1H3,(H2,21,22). The molecule has 1 aliphatic heterocycles. The predicted molar refractivity (Wildman–Crippen MR) is 107 cm³/mol. The largest absolute Gasteiger partial charge is 0.388 e. The molecule has 3 N–H and O–H groups in total. The Balaban J connectivity index is 1.72. The molecule has 1 aliphatic rings. The van der Waals surface area contributed by atoms with Crippen LogP contribution in [0.15, 0.2) is 51.8 Å². The molecule has 1 heterocycles. The molecule has 0 saturated carbocycles. The highest BCUT2D eigenvalue weighted by Gasteiger charge is 2.24. The van der Waals surface area contributed by atoms with Crippen molar-refractivity contribution in [2.45, 2.75) is 30.8 Å². The number of carbonyl (C=O) groups excluding carboxylic acids is 1. The van der Waals surface area contributed by atoms with Gasteiger partial charge in [-0.25, -0.2) is 0 Å². The lowest BCUT2D eigenvalue weighted by Gasteiger charge is -2.15. The topological polar surface area (TPSA) is 78.9 Å². The second kappa shape index (κ2) is 8.12. The van der Waals surface area contributed by atoms with Gasteiger partial charge in [0.15, 0.2) is 0 Å². The fourth-order valence-corrected chi connectivity index (χ4v) is 3.81. The summed E-state index contributed by atoms with van der Waals surface area (Å²) in [6.45, 7) is 2.22. The number of carbonyl (C=O) groups is 1. The van der Waals surface area contributed by atoms with Gasteiger partial charge in [-0.05, 0) is 29.7 Å². The van der Waals surface area contributed by atoms with Crippen molar-refractivity contribution in [1.82, 2.24) is 0 Å². The Morgan fingerprint density at radius 2 is 2.12 bits per heavy atom. The summed E-state index contributed by atoms with van der Waals surface area (Å²) < 4.78 is 4.28. The molecule has 2 aromatic rings. The van der Waals surface area contributed by atoms with E-state index in [-0.39, 0.29) is 12.3 Å². The highest BCUT2D eigenvalue weighted by molar-refractivity contribution is 7.98. The number of hydrogen-bond donors (Lipinski definition) is 2. The van der Waals surface area contributed by atoms with Crippen LogP contribution in [0.25, 0.3) is 0 Å². The third kappa shape index (κ3) is 4.20. The van der Waals surface area contributed by atoms with Crippen molar-refractivity contribution < 1.29 is 9.90 Å². The predicted octanol–water partition coefficient (Wildman–Crippen LogP) is 3.74. The number of rotatable bonds is 5. The lowest BCUT2D eigenvalue weighted by atomic mass is 10.1. The molecule has 0 bridgehead atoms. The normalized spacial score (nSPS) is 15.0. The van der Waals surface area contributed by atoms with Crippen LogP contribution >= 0.6 is 23.5 Å². The first-order chi connectivity index (χ1) is 12.5. The number of amidine groups is 1. The van der Waals surface area contributed by atoms with Crippen molar-refractivity contribution in [2.75, 3.05) is 11.4 Å². The minimum atomic E-state index is -0.704. The highest BCUT2D eigenvalue weighted by Crippen LogP contribution is 2.38. The number of aliphatic hydroxyl groups is 1. The zero-order chi connectivity index (χ0) is 18.7. The summed E-state index contributed by atoms with van der Waals surface area (Å²) in [6.07, 6.45) is 0.331. The number of halogens is 1. The summed E-state index contributed by atoms with van der Waals surface area (Å²) in [5.74, 6) is 0.336. The van der Waals surface area contributed by atoms with Crippen LogP contribution in [-0.2, 0) is 11.2 Å². The summed E-state index contributed by atoms with van der Waals surface area (Å²) in [5, 5.41) is 10.8. The van der Waals surface area contributed by atoms with Gasteiger partial charge in [-0.15, -0.1) is 0 Å². The first-order valence-electron chi connectivity index (χ1n) is 8.28. The molecule has 7 heteroatoms. The molecule has 0 aromatic heterocycles. The lowest BCUT2D eigenvalue weighted by molar-refractivity contribution is -0.116. The number of hydrogen-bond acceptors (Lipinski definition) is 4. The van der Waals surface area contributed by atoms with E-state index < -0.39 is 6.10 Å². The quantitative estimate of drug-likeness (QED) is 0.464. The molecule has 3 rings (SSSR count). The number of aliphatic hydroxyl groups excluding tert-OH is 1. The summed E-state index contributed by atoms with van der Waals surface area (Å²) in [6, 6.07) is 13.1. The second-order valence-electron chi connectivity index (χ2n) is 6.14. The molecule has 1 atom stereocenters. The van der Waals surface area contributed by atoms with Gasteiger partial charge in [-0.3, -0.25) is 4.79 Å². The van der Waals surface area contributed by atoms with Crippen LogP contribution in [-0.4, -0.2) is 23.4 Å². The molecule has 2 aromatic carbocycles. The van der Waals surface area contributed by atoms with E-state index in [1.807, 2.05) is 42.5 Å². The smallest absolute Gasteiger partial charge is 0.223 e. The first-order valence-corrected chi connectivity index (χ1v) is 9.43. The maximum atomic E-state index is 11.7. The van der Waals surface area contributed by atoms with Crippen LogP contribution in [0.1, 0.15) is 30.6 Å². The minimum absolute atomic E-state index is 0.0102. The molecule has 0 radical (unpaired) electrons. The van der Waals surface area contributed by atoms with Crippen molar-refractivity contribution in [3.8, 4) is 0 Å². The summed E-state index contributed by atoms with van der Waals surface area (Å²) in [5.41, 5.74) is 8.69. The maximum absolute atomic E-state index is 11.7. The Bertz CT molecular complexity index is 842. The van der Waals surface area contributed by atoms with E-state index in [0.717, 1.165) is 40.1 Å². The van der Waals surface area contributed by atoms with Crippen LogP contribution in [0.2, 0.25) is 5.02 Å². The monoisotopic (exact) mass is 389 g/mol. The second-order valence-corrected chi connectivity index (χ2v) is 7.35. The Labute approximate surface area is 162 Å². The van der Waals surface area contributed by atoms with E-state index in [1.165, 1.54) is 0 Å². The van der Waals surface area contributed by atoms with Gasteiger partial charge < -0.3 is 15.7 Å². The number of anilines is 1. The molecule has 136 valence electrons. The van der Waals surface area contributed by atoms with Crippen molar-refractivity contribution in [1.29, 1.82) is 0 Å². The number of benzene rings is 2. The van der Waals surface area contributed by atoms with E-state index in [4.69, 9.17) is 17.3 Å². The van der Waals surface area contributed by atoms with Crippen molar-refractivity contribution in [3.63, 3.8) is 0 Å². The first kappa shape index (κ1) is 18.8. The van der Waals surface area contributed by atoms with Gasteiger partial charge >= 0.3 is 0 Å². The average molecular weight is 390 g/mol. The van der Waals surface area contributed by atoms with Crippen LogP contribution < -0.4 is 10.6 Å².